The van der Waals surface area contributed by atoms with Crippen LogP contribution in [0.15, 0.2) is 23.2 Å². The van der Waals surface area contributed by atoms with Gasteiger partial charge < -0.3 is 15.5 Å². The van der Waals surface area contributed by atoms with Gasteiger partial charge in [0.05, 0.1) is 11.4 Å². The summed E-state index contributed by atoms with van der Waals surface area (Å²) < 4.78 is 16.3. The first-order valence-corrected chi connectivity index (χ1v) is 9.38. The molecule has 1 aromatic heterocycles. The molecule has 0 aliphatic carbocycles. The zero-order valence-corrected chi connectivity index (χ0v) is 20.0. The topological polar surface area (TPSA) is 57.5 Å². The second-order valence-electron chi connectivity index (χ2n) is 6.51. The largest absolute Gasteiger partial charge is 0.370 e. The van der Waals surface area contributed by atoms with Crippen molar-refractivity contribution in [3.05, 3.63) is 46.5 Å². The lowest BCUT2D eigenvalue weighted by Crippen LogP contribution is -2.36. The molecule has 2 aromatic rings. The normalized spacial score (nSPS) is 11.2. The van der Waals surface area contributed by atoms with Gasteiger partial charge in [0, 0.05) is 51.5 Å². The van der Waals surface area contributed by atoms with Crippen molar-refractivity contribution in [2.75, 3.05) is 25.0 Å². The average molecular weight is 502 g/mol. The fourth-order valence-electron chi connectivity index (χ4n) is 3.13. The smallest absolute Gasteiger partial charge is 0.191 e. The predicted octanol–water partition coefficient (Wildman–Crippen LogP) is 3.51. The molecule has 28 heavy (non-hydrogen) atoms. The summed E-state index contributed by atoms with van der Waals surface area (Å²) in [5.41, 5.74) is 4.82. The van der Waals surface area contributed by atoms with E-state index in [4.69, 9.17) is 0 Å². The number of nitrogens with one attached hydrogen (secondary N) is 2. The molecule has 0 saturated carbocycles. The number of halogens is 2. The van der Waals surface area contributed by atoms with Crippen molar-refractivity contribution in [3.8, 4) is 0 Å². The summed E-state index contributed by atoms with van der Waals surface area (Å²) in [5, 5.41) is 11.0. The second-order valence-corrected chi connectivity index (χ2v) is 6.51. The van der Waals surface area contributed by atoms with Crippen molar-refractivity contribution in [3.63, 3.8) is 0 Å². The maximum Gasteiger partial charge on any atom is 0.191 e. The summed E-state index contributed by atoms with van der Waals surface area (Å²) >= 11 is 0. The Morgan fingerprint density at radius 2 is 1.82 bits per heavy atom. The molecule has 0 unspecified atom stereocenters. The van der Waals surface area contributed by atoms with Crippen molar-refractivity contribution in [1.29, 1.82) is 0 Å². The molecule has 0 bridgehead atoms. The monoisotopic (exact) mass is 502 g/mol. The molecule has 156 valence electrons. The fraction of sp³-hybridized carbons (Fsp3) is 0.500. The standard InChI is InChI=1S/C20H31FN6.HI/c1-7-27(8-2)19-10-9-16(11-18(19)21)12-23-20(22-5)24-13-17-14(3)25-26(6)15(17)4;/h9-11H,7-8,12-13H2,1-6H3,(H2,22,23,24);1H. The third-order valence-corrected chi connectivity index (χ3v) is 4.89. The first-order chi connectivity index (χ1) is 12.9. The molecule has 1 heterocycles. The molecule has 0 saturated heterocycles. The molecule has 1 aromatic carbocycles. The Balaban J connectivity index is 0.00000392. The molecule has 0 aliphatic heterocycles. The maximum absolute atomic E-state index is 14.4. The highest BCUT2D eigenvalue weighted by atomic mass is 127. The number of aryl methyl sites for hydroxylation is 2. The van der Waals surface area contributed by atoms with E-state index in [-0.39, 0.29) is 29.8 Å². The van der Waals surface area contributed by atoms with Crippen molar-refractivity contribution >= 4 is 35.6 Å². The summed E-state index contributed by atoms with van der Waals surface area (Å²) in [6, 6.07) is 5.38. The van der Waals surface area contributed by atoms with Gasteiger partial charge in [-0.2, -0.15) is 5.10 Å². The van der Waals surface area contributed by atoms with Crippen molar-refractivity contribution in [1.82, 2.24) is 20.4 Å². The van der Waals surface area contributed by atoms with Gasteiger partial charge >= 0.3 is 0 Å². The van der Waals surface area contributed by atoms with E-state index in [1.807, 2.05) is 56.5 Å². The van der Waals surface area contributed by atoms with E-state index in [1.54, 1.807) is 13.1 Å². The molecule has 2 rings (SSSR count). The predicted molar refractivity (Wildman–Crippen MR) is 125 cm³/mol. The Morgan fingerprint density at radius 1 is 1.18 bits per heavy atom. The minimum atomic E-state index is -0.192. The van der Waals surface area contributed by atoms with Gasteiger partial charge in [0.2, 0.25) is 0 Å². The third kappa shape index (κ3) is 5.83. The number of aromatic nitrogens is 2. The molecule has 6 nitrogen and oxygen atoms in total. The number of guanidine groups is 1. The van der Waals surface area contributed by atoms with Crippen LogP contribution in [0.1, 0.15) is 36.4 Å². The highest BCUT2D eigenvalue weighted by Crippen LogP contribution is 2.20. The molecular weight excluding hydrogens is 470 g/mol. The summed E-state index contributed by atoms with van der Waals surface area (Å²) in [6.07, 6.45) is 0. The molecule has 8 heteroatoms. The molecule has 0 fully saturated rings. The van der Waals surface area contributed by atoms with Gasteiger partial charge in [0.15, 0.2) is 5.96 Å². The maximum atomic E-state index is 14.4. The molecule has 0 radical (unpaired) electrons. The van der Waals surface area contributed by atoms with Gasteiger partial charge in [0.1, 0.15) is 5.82 Å². The van der Waals surface area contributed by atoms with E-state index in [1.165, 1.54) is 0 Å². The van der Waals surface area contributed by atoms with Crippen LogP contribution < -0.4 is 15.5 Å². The van der Waals surface area contributed by atoms with E-state index >= 15 is 0 Å². The van der Waals surface area contributed by atoms with Crippen LogP contribution in [0.4, 0.5) is 10.1 Å². The number of hydrogen-bond acceptors (Lipinski definition) is 3. The van der Waals surface area contributed by atoms with Crippen LogP contribution in [0.5, 0.6) is 0 Å². The van der Waals surface area contributed by atoms with Gasteiger partial charge in [-0.05, 0) is 45.4 Å². The number of rotatable bonds is 7. The quantitative estimate of drug-likeness (QED) is 0.346. The highest BCUT2D eigenvalue weighted by molar-refractivity contribution is 14.0. The Hall–Kier alpha value is -1.84. The van der Waals surface area contributed by atoms with Gasteiger partial charge in [0.25, 0.3) is 0 Å². The second kappa shape index (κ2) is 11.2. The number of nitrogens with zero attached hydrogens (tertiary/aromatic N) is 4. The summed E-state index contributed by atoms with van der Waals surface area (Å²) in [7, 11) is 3.66. The van der Waals surface area contributed by atoms with Crippen molar-refractivity contribution in [2.45, 2.75) is 40.8 Å². The van der Waals surface area contributed by atoms with Crippen LogP contribution in [0.25, 0.3) is 0 Å². The minimum Gasteiger partial charge on any atom is -0.370 e. The van der Waals surface area contributed by atoms with Gasteiger partial charge in [-0.25, -0.2) is 4.39 Å². The fourth-order valence-corrected chi connectivity index (χ4v) is 3.13. The molecule has 0 aliphatic rings. The lowest BCUT2D eigenvalue weighted by Gasteiger charge is -2.22. The van der Waals surface area contributed by atoms with E-state index < -0.39 is 0 Å². The highest BCUT2D eigenvalue weighted by Gasteiger charge is 2.11. The molecule has 0 spiro atoms. The summed E-state index contributed by atoms with van der Waals surface area (Å²) in [5.74, 6) is 0.480. The summed E-state index contributed by atoms with van der Waals surface area (Å²) in [6.45, 7) is 10.8. The zero-order valence-electron chi connectivity index (χ0n) is 17.6. The number of hydrogen-bond donors (Lipinski definition) is 2. The van der Waals surface area contributed by atoms with Crippen LogP contribution in [-0.2, 0) is 20.1 Å². The van der Waals surface area contributed by atoms with Crippen LogP contribution in [-0.4, -0.2) is 35.9 Å². The number of aliphatic imine (C=N–C) groups is 1. The third-order valence-electron chi connectivity index (χ3n) is 4.89. The molecule has 2 N–H and O–H groups in total. The Labute approximate surface area is 184 Å². The first-order valence-electron chi connectivity index (χ1n) is 9.38. The van der Waals surface area contributed by atoms with Crippen LogP contribution in [0, 0.1) is 19.7 Å². The van der Waals surface area contributed by atoms with Crippen molar-refractivity contribution < 1.29 is 4.39 Å². The molecule has 0 amide bonds. The zero-order chi connectivity index (χ0) is 20.0. The molecule has 0 atom stereocenters. The average Bonchev–Trinajstić information content (AvgIpc) is 2.90. The number of benzene rings is 1. The van der Waals surface area contributed by atoms with Crippen LogP contribution in [0.2, 0.25) is 0 Å². The first kappa shape index (κ1) is 24.2. The van der Waals surface area contributed by atoms with Gasteiger partial charge in [-0.3, -0.25) is 9.67 Å². The minimum absolute atomic E-state index is 0. The van der Waals surface area contributed by atoms with Crippen LogP contribution in [0.3, 0.4) is 0 Å². The van der Waals surface area contributed by atoms with E-state index in [0.717, 1.165) is 35.6 Å². The van der Waals surface area contributed by atoms with E-state index in [9.17, 15) is 4.39 Å². The van der Waals surface area contributed by atoms with Gasteiger partial charge in [-0.15, -0.1) is 24.0 Å². The van der Waals surface area contributed by atoms with Crippen LogP contribution >= 0.6 is 24.0 Å². The summed E-state index contributed by atoms with van der Waals surface area (Å²) in [4.78, 5) is 6.25. The molecular formula is C20H32FIN6. The number of anilines is 1. The van der Waals surface area contributed by atoms with Gasteiger partial charge in [-0.1, -0.05) is 6.07 Å². The lowest BCUT2D eigenvalue weighted by atomic mass is 10.1. The lowest BCUT2D eigenvalue weighted by molar-refractivity contribution is 0.617. The Kier molecular flexibility index (Phi) is 9.71. The van der Waals surface area contributed by atoms with Crippen molar-refractivity contribution in [2.24, 2.45) is 12.0 Å². The Bertz CT molecular complexity index is 798. The SMILES string of the molecule is CCN(CC)c1ccc(CNC(=NC)NCc2c(C)nn(C)c2C)cc1F.I. The van der Waals surface area contributed by atoms with E-state index in [0.29, 0.717) is 24.7 Å². The Morgan fingerprint density at radius 3 is 2.32 bits per heavy atom. The van der Waals surface area contributed by atoms with E-state index in [2.05, 4.69) is 20.7 Å².